The second-order valence-corrected chi connectivity index (χ2v) is 6.98. The van der Waals surface area contributed by atoms with Crippen LogP contribution in [0.3, 0.4) is 0 Å². The number of piperidine rings is 1. The van der Waals surface area contributed by atoms with Crippen molar-refractivity contribution in [3.8, 4) is 0 Å². The van der Waals surface area contributed by atoms with E-state index in [1.165, 1.54) is 23.8 Å². The monoisotopic (exact) mass is 317 g/mol. The third kappa shape index (κ3) is 2.70. The van der Waals surface area contributed by atoms with E-state index >= 15 is 0 Å². The van der Waals surface area contributed by atoms with E-state index in [1.807, 2.05) is 0 Å². The Kier molecular flexibility index (Phi) is 3.75. The number of thioether (sulfide) groups is 1. The molecule has 2 aromatic heterocycles. The molecule has 2 aromatic rings. The molecule has 0 radical (unpaired) electrons. The predicted molar refractivity (Wildman–Crippen MR) is 87.8 cm³/mol. The molecule has 2 aliphatic heterocycles. The Hall–Kier alpha value is -1.60. The van der Waals surface area contributed by atoms with Gasteiger partial charge >= 0.3 is 0 Å². The predicted octanol–water partition coefficient (Wildman–Crippen LogP) is 1.88. The number of nitrogens with one attached hydrogen (secondary N) is 1. The SMILES string of the molecule is O=c1cc(CN2CCCCC2)[nH]c2nc(C3=CCCS3)nn12. The summed E-state index contributed by atoms with van der Waals surface area (Å²) in [4.78, 5) is 23.5. The van der Waals surface area contributed by atoms with E-state index in [9.17, 15) is 4.79 Å². The van der Waals surface area contributed by atoms with E-state index in [2.05, 4.69) is 26.0 Å². The van der Waals surface area contributed by atoms with Crippen LogP contribution in [0.5, 0.6) is 0 Å². The van der Waals surface area contributed by atoms with E-state index in [0.717, 1.165) is 42.4 Å². The Morgan fingerprint density at radius 1 is 1.27 bits per heavy atom. The zero-order chi connectivity index (χ0) is 14.9. The molecule has 0 aliphatic carbocycles. The summed E-state index contributed by atoms with van der Waals surface area (Å²) in [6.07, 6.45) is 6.98. The minimum absolute atomic E-state index is 0.108. The Labute approximate surface area is 132 Å². The first kappa shape index (κ1) is 14.0. The van der Waals surface area contributed by atoms with Crippen LogP contribution in [0.4, 0.5) is 0 Å². The molecule has 1 N–H and O–H groups in total. The second kappa shape index (κ2) is 5.89. The maximum Gasteiger partial charge on any atom is 0.275 e. The zero-order valence-electron chi connectivity index (χ0n) is 12.4. The van der Waals surface area contributed by atoms with E-state index in [1.54, 1.807) is 17.8 Å². The molecule has 0 saturated carbocycles. The van der Waals surface area contributed by atoms with Crippen LogP contribution in [0.1, 0.15) is 37.2 Å². The quantitative estimate of drug-likeness (QED) is 0.936. The summed E-state index contributed by atoms with van der Waals surface area (Å²) in [6.45, 7) is 2.99. The van der Waals surface area contributed by atoms with E-state index < -0.39 is 0 Å². The third-order valence-electron chi connectivity index (χ3n) is 4.15. The van der Waals surface area contributed by atoms with Crippen LogP contribution in [-0.2, 0) is 6.54 Å². The second-order valence-electron chi connectivity index (χ2n) is 5.85. The summed E-state index contributed by atoms with van der Waals surface area (Å²) in [5, 5.41) is 4.34. The van der Waals surface area contributed by atoms with Crippen LogP contribution in [0.2, 0.25) is 0 Å². The van der Waals surface area contributed by atoms with Gasteiger partial charge in [0.2, 0.25) is 5.78 Å². The van der Waals surface area contributed by atoms with E-state index in [0.29, 0.717) is 11.6 Å². The number of nitrogens with zero attached hydrogens (tertiary/aromatic N) is 4. The molecule has 0 atom stereocenters. The number of fused-ring (bicyclic) bond motifs is 1. The molecule has 7 heteroatoms. The molecule has 4 rings (SSSR count). The molecule has 0 unspecified atom stereocenters. The average Bonchev–Trinajstić information content (AvgIpc) is 3.17. The van der Waals surface area contributed by atoms with Gasteiger partial charge < -0.3 is 4.98 Å². The molecule has 1 saturated heterocycles. The van der Waals surface area contributed by atoms with Crippen molar-refractivity contribution in [2.45, 2.75) is 32.2 Å². The molecule has 0 aromatic carbocycles. The Balaban J connectivity index is 1.65. The molecule has 2 aliphatic rings. The van der Waals surface area contributed by atoms with Crippen LogP contribution in [0.25, 0.3) is 10.7 Å². The lowest BCUT2D eigenvalue weighted by atomic mass is 10.1. The van der Waals surface area contributed by atoms with E-state index in [4.69, 9.17) is 0 Å². The number of H-pyrrole nitrogens is 1. The van der Waals surface area contributed by atoms with Gasteiger partial charge in [-0.3, -0.25) is 9.69 Å². The summed E-state index contributed by atoms with van der Waals surface area (Å²) in [7, 11) is 0. The van der Waals surface area contributed by atoms with Crippen molar-refractivity contribution < 1.29 is 0 Å². The van der Waals surface area contributed by atoms with Gasteiger partial charge in [-0.2, -0.15) is 9.50 Å². The zero-order valence-corrected chi connectivity index (χ0v) is 13.2. The fraction of sp³-hybridized carbons (Fsp3) is 0.533. The number of rotatable bonds is 3. The Morgan fingerprint density at radius 3 is 2.91 bits per heavy atom. The minimum Gasteiger partial charge on any atom is -0.326 e. The van der Waals surface area contributed by atoms with Gasteiger partial charge in [-0.1, -0.05) is 12.5 Å². The van der Waals surface area contributed by atoms with Crippen LogP contribution in [0, 0.1) is 0 Å². The van der Waals surface area contributed by atoms with Gasteiger partial charge in [-0.25, -0.2) is 0 Å². The third-order valence-corrected chi connectivity index (χ3v) is 5.25. The molecule has 22 heavy (non-hydrogen) atoms. The Morgan fingerprint density at radius 2 is 2.14 bits per heavy atom. The van der Waals surface area contributed by atoms with Crippen LogP contribution in [-0.4, -0.2) is 43.3 Å². The molecule has 0 amide bonds. The number of hydrogen-bond donors (Lipinski definition) is 1. The number of likely N-dealkylation sites (tertiary alicyclic amines) is 1. The van der Waals surface area contributed by atoms with Crippen molar-refractivity contribution in [1.29, 1.82) is 0 Å². The normalized spacial score (nSPS) is 19.7. The van der Waals surface area contributed by atoms with Gasteiger partial charge in [0.25, 0.3) is 5.56 Å². The van der Waals surface area contributed by atoms with Gasteiger partial charge in [-0.05, 0) is 32.4 Å². The maximum atomic E-state index is 12.3. The van der Waals surface area contributed by atoms with Crippen molar-refractivity contribution in [3.05, 3.63) is 34.0 Å². The van der Waals surface area contributed by atoms with Gasteiger partial charge in [-0.15, -0.1) is 16.9 Å². The highest BCUT2D eigenvalue weighted by atomic mass is 32.2. The minimum atomic E-state index is -0.108. The molecule has 0 bridgehead atoms. The number of allylic oxidation sites excluding steroid dienone is 1. The van der Waals surface area contributed by atoms with Crippen molar-refractivity contribution in [1.82, 2.24) is 24.5 Å². The maximum absolute atomic E-state index is 12.3. The van der Waals surface area contributed by atoms with E-state index in [-0.39, 0.29) is 5.56 Å². The Bertz CT molecular complexity index is 772. The molecule has 1 fully saturated rings. The summed E-state index contributed by atoms with van der Waals surface area (Å²) in [5.41, 5.74) is 0.814. The van der Waals surface area contributed by atoms with Gasteiger partial charge in [0.15, 0.2) is 5.82 Å². The summed E-state index contributed by atoms with van der Waals surface area (Å²) < 4.78 is 1.37. The average molecular weight is 317 g/mol. The molecule has 4 heterocycles. The highest BCUT2D eigenvalue weighted by Crippen LogP contribution is 2.31. The lowest BCUT2D eigenvalue weighted by Gasteiger charge is -2.26. The highest BCUT2D eigenvalue weighted by Gasteiger charge is 2.16. The standard InChI is InChI=1S/C15H19N5OS/c21-13-9-11(10-19-6-2-1-3-7-19)16-15-17-14(18-20(13)15)12-5-4-8-22-12/h5,9H,1-4,6-8,10H2,(H,16,17,18). The fourth-order valence-electron chi connectivity index (χ4n) is 3.06. The first-order chi connectivity index (χ1) is 10.8. The summed E-state index contributed by atoms with van der Waals surface area (Å²) in [6, 6.07) is 1.65. The van der Waals surface area contributed by atoms with Gasteiger partial charge in [0.05, 0.1) is 4.91 Å². The van der Waals surface area contributed by atoms with Crippen LogP contribution < -0.4 is 5.56 Å². The van der Waals surface area contributed by atoms with Crippen molar-refractivity contribution in [2.75, 3.05) is 18.8 Å². The fourth-order valence-corrected chi connectivity index (χ4v) is 3.97. The van der Waals surface area contributed by atoms with Gasteiger partial charge in [0, 0.05) is 24.1 Å². The highest BCUT2D eigenvalue weighted by molar-refractivity contribution is 8.08. The molecule has 6 nitrogen and oxygen atoms in total. The summed E-state index contributed by atoms with van der Waals surface area (Å²) in [5.74, 6) is 2.27. The lowest BCUT2D eigenvalue weighted by Crippen LogP contribution is -2.30. The molecule has 0 spiro atoms. The summed E-state index contributed by atoms with van der Waals surface area (Å²) >= 11 is 1.75. The molecular formula is C15H19N5OS. The topological polar surface area (TPSA) is 66.3 Å². The first-order valence-corrected chi connectivity index (χ1v) is 8.83. The lowest BCUT2D eigenvalue weighted by molar-refractivity contribution is 0.218. The van der Waals surface area contributed by atoms with Crippen molar-refractivity contribution in [2.24, 2.45) is 0 Å². The first-order valence-electron chi connectivity index (χ1n) is 7.84. The largest absolute Gasteiger partial charge is 0.326 e. The number of hydrogen-bond acceptors (Lipinski definition) is 5. The molecular weight excluding hydrogens is 298 g/mol. The molecule has 116 valence electrons. The van der Waals surface area contributed by atoms with Gasteiger partial charge in [0.1, 0.15) is 0 Å². The van der Waals surface area contributed by atoms with Crippen LogP contribution in [0.15, 0.2) is 16.9 Å². The number of aromatic nitrogens is 4. The smallest absolute Gasteiger partial charge is 0.275 e. The van der Waals surface area contributed by atoms with Crippen molar-refractivity contribution >= 4 is 22.4 Å². The van der Waals surface area contributed by atoms with Crippen molar-refractivity contribution in [3.63, 3.8) is 0 Å². The van der Waals surface area contributed by atoms with Crippen LogP contribution >= 0.6 is 11.8 Å². The number of aromatic amines is 1.